The van der Waals surface area contributed by atoms with Gasteiger partial charge in [0.05, 0.1) is 0 Å². The van der Waals surface area contributed by atoms with Crippen molar-refractivity contribution in [3.05, 3.63) is 35.9 Å². The Hall–Kier alpha value is -0.900. The van der Waals surface area contributed by atoms with E-state index in [0.717, 1.165) is 24.8 Å². The standard InChI is InChI=1S/C19H30N2O/c22-10-4-7-18-11-19(15-21(14-18)13-17-8-9-17)20-12-16-5-2-1-3-6-16/h1-3,5-6,17-20,22H,4,7-15H2. The molecule has 3 heteroatoms. The Kier molecular flexibility index (Phi) is 5.88. The predicted molar refractivity (Wildman–Crippen MR) is 90.7 cm³/mol. The van der Waals surface area contributed by atoms with Gasteiger partial charge in [-0.05, 0) is 49.5 Å². The van der Waals surface area contributed by atoms with Crippen LogP contribution in [0.15, 0.2) is 30.3 Å². The quantitative estimate of drug-likeness (QED) is 0.775. The fourth-order valence-corrected chi connectivity index (χ4v) is 3.71. The van der Waals surface area contributed by atoms with Crippen LogP contribution in [0.5, 0.6) is 0 Å². The van der Waals surface area contributed by atoms with Gasteiger partial charge < -0.3 is 15.3 Å². The van der Waals surface area contributed by atoms with E-state index in [1.165, 1.54) is 50.9 Å². The number of piperidine rings is 1. The second-order valence-electron chi connectivity index (χ2n) is 7.19. The van der Waals surface area contributed by atoms with Crippen molar-refractivity contribution < 1.29 is 5.11 Å². The summed E-state index contributed by atoms with van der Waals surface area (Å²) < 4.78 is 0. The molecular formula is C19H30N2O. The molecule has 22 heavy (non-hydrogen) atoms. The minimum absolute atomic E-state index is 0.335. The fourth-order valence-electron chi connectivity index (χ4n) is 3.71. The molecular weight excluding hydrogens is 272 g/mol. The van der Waals surface area contributed by atoms with E-state index in [9.17, 15) is 0 Å². The molecule has 0 amide bonds. The summed E-state index contributed by atoms with van der Waals surface area (Å²) in [5, 5.41) is 12.9. The molecule has 0 aromatic heterocycles. The lowest BCUT2D eigenvalue weighted by Crippen LogP contribution is -2.49. The monoisotopic (exact) mass is 302 g/mol. The van der Waals surface area contributed by atoms with Crippen molar-refractivity contribution in [2.24, 2.45) is 11.8 Å². The fraction of sp³-hybridized carbons (Fsp3) is 0.684. The first-order valence-electron chi connectivity index (χ1n) is 8.94. The highest BCUT2D eigenvalue weighted by molar-refractivity contribution is 5.14. The van der Waals surface area contributed by atoms with Crippen molar-refractivity contribution >= 4 is 0 Å². The Morgan fingerprint density at radius 1 is 1.09 bits per heavy atom. The number of aliphatic hydroxyl groups excluding tert-OH is 1. The van der Waals surface area contributed by atoms with Crippen LogP contribution in [0, 0.1) is 11.8 Å². The van der Waals surface area contributed by atoms with Crippen LogP contribution in [0.1, 0.15) is 37.7 Å². The molecule has 0 bridgehead atoms. The van der Waals surface area contributed by atoms with E-state index in [1.807, 2.05) is 0 Å². The number of nitrogens with one attached hydrogen (secondary N) is 1. The molecule has 3 nitrogen and oxygen atoms in total. The maximum Gasteiger partial charge on any atom is 0.0431 e. The second kappa shape index (κ2) is 8.09. The summed E-state index contributed by atoms with van der Waals surface area (Å²) in [5.74, 6) is 1.71. The SMILES string of the molecule is OCCCC1CC(NCc2ccccc2)CN(CC2CC2)C1. The molecule has 2 fully saturated rings. The van der Waals surface area contributed by atoms with Gasteiger partial charge in [-0.3, -0.25) is 0 Å². The minimum atomic E-state index is 0.335. The van der Waals surface area contributed by atoms with E-state index in [4.69, 9.17) is 5.11 Å². The smallest absolute Gasteiger partial charge is 0.0431 e. The normalized spacial score (nSPS) is 26.2. The second-order valence-corrected chi connectivity index (χ2v) is 7.19. The van der Waals surface area contributed by atoms with Gasteiger partial charge in [-0.2, -0.15) is 0 Å². The van der Waals surface area contributed by atoms with Crippen LogP contribution in [-0.4, -0.2) is 42.3 Å². The molecule has 2 N–H and O–H groups in total. The van der Waals surface area contributed by atoms with E-state index in [1.54, 1.807) is 0 Å². The molecule has 1 aliphatic carbocycles. The van der Waals surface area contributed by atoms with E-state index in [-0.39, 0.29) is 0 Å². The summed E-state index contributed by atoms with van der Waals surface area (Å²) in [7, 11) is 0. The number of hydrogen-bond donors (Lipinski definition) is 2. The van der Waals surface area contributed by atoms with Crippen molar-refractivity contribution in [1.82, 2.24) is 10.2 Å². The first-order chi connectivity index (χ1) is 10.8. The Labute approximate surface area is 134 Å². The van der Waals surface area contributed by atoms with Gasteiger partial charge in [0.25, 0.3) is 0 Å². The van der Waals surface area contributed by atoms with Crippen LogP contribution in [0.4, 0.5) is 0 Å². The predicted octanol–water partition coefficient (Wildman–Crippen LogP) is 2.65. The molecule has 2 atom stereocenters. The van der Waals surface area contributed by atoms with Crippen LogP contribution in [0.25, 0.3) is 0 Å². The van der Waals surface area contributed by atoms with Crippen LogP contribution >= 0.6 is 0 Å². The lowest BCUT2D eigenvalue weighted by molar-refractivity contribution is 0.124. The molecule has 1 aromatic rings. The van der Waals surface area contributed by atoms with Gasteiger partial charge in [-0.1, -0.05) is 30.3 Å². The van der Waals surface area contributed by atoms with Crippen molar-refractivity contribution in [1.29, 1.82) is 0 Å². The number of aliphatic hydroxyl groups is 1. The van der Waals surface area contributed by atoms with Crippen LogP contribution < -0.4 is 5.32 Å². The summed E-state index contributed by atoms with van der Waals surface area (Å²) in [4.78, 5) is 2.67. The summed E-state index contributed by atoms with van der Waals surface area (Å²) in [6, 6.07) is 11.3. The molecule has 122 valence electrons. The van der Waals surface area contributed by atoms with Gasteiger partial charge in [0.15, 0.2) is 0 Å². The van der Waals surface area contributed by atoms with Crippen molar-refractivity contribution in [3.8, 4) is 0 Å². The molecule has 1 aromatic carbocycles. The highest BCUT2D eigenvalue weighted by atomic mass is 16.2. The summed E-state index contributed by atoms with van der Waals surface area (Å²) in [6.07, 6.45) is 6.24. The Bertz CT molecular complexity index is 432. The van der Waals surface area contributed by atoms with E-state index in [0.29, 0.717) is 12.6 Å². The Morgan fingerprint density at radius 2 is 1.91 bits per heavy atom. The Morgan fingerprint density at radius 3 is 2.64 bits per heavy atom. The zero-order chi connectivity index (χ0) is 15.2. The Balaban J connectivity index is 1.51. The van der Waals surface area contributed by atoms with Crippen LogP contribution in [0.2, 0.25) is 0 Å². The molecule has 1 aliphatic heterocycles. The lowest BCUT2D eigenvalue weighted by Gasteiger charge is -2.38. The molecule has 2 unspecified atom stereocenters. The highest BCUT2D eigenvalue weighted by Crippen LogP contribution is 2.32. The maximum absolute atomic E-state index is 9.11. The largest absolute Gasteiger partial charge is 0.396 e. The highest BCUT2D eigenvalue weighted by Gasteiger charge is 2.31. The zero-order valence-electron chi connectivity index (χ0n) is 13.6. The molecule has 1 saturated heterocycles. The van der Waals surface area contributed by atoms with Gasteiger partial charge in [-0.25, -0.2) is 0 Å². The number of rotatable bonds is 8. The summed E-state index contributed by atoms with van der Waals surface area (Å²) in [5.41, 5.74) is 1.37. The topological polar surface area (TPSA) is 35.5 Å². The number of likely N-dealkylation sites (tertiary alicyclic amines) is 1. The van der Waals surface area contributed by atoms with Gasteiger partial charge >= 0.3 is 0 Å². The molecule has 0 radical (unpaired) electrons. The minimum Gasteiger partial charge on any atom is -0.396 e. The maximum atomic E-state index is 9.11. The van der Waals surface area contributed by atoms with Crippen molar-refractivity contribution in [2.75, 3.05) is 26.2 Å². The third-order valence-corrected chi connectivity index (χ3v) is 5.03. The molecule has 1 saturated carbocycles. The van der Waals surface area contributed by atoms with E-state index in [2.05, 4.69) is 40.5 Å². The average molecular weight is 302 g/mol. The summed E-state index contributed by atoms with van der Waals surface area (Å²) in [6.45, 7) is 5.02. The van der Waals surface area contributed by atoms with Gasteiger partial charge in [0, 0.05) is 38.8 Å². The van der Waals surface area contributed by atoms with Crippen molar-refractivity contribution in [2.45, 2.75) is 44.7 Å². The lowest BCUT2D eigenvalue weighted by atomic mass is 9.90. The van der Waals surface area contributed by atoms with E-state index >= 15 is 0 Å². The van der Waals surface area contributed by atoms with E-state index < -0.39 is 0 Å². The van der Waals surface area contributed by atoms with Crippen LogP contribution in [0.3, 0.4) is 0 Å². The number of nitrogens with zero attached hydrogens (tertiary/aromatic N) is 1. The first-order valence-corrected chi connectivity index (χ1v) is 8.94. The third-order valence-electron chi connectivity index (χ3n) is 5.03. The zero-order valence-corrected chi connectivity index (χ0v) is 13.6. The third kappa shape index (κ3) is 5.08. The van der Waals surface area contributed by atoms with Gasteiger partial charge in [0.1, 0.15) is 0 Å². The molecule has 1 heterocycles. The molecule has 3 rings (SSSR count). The summed E-state index contributed by atoms with van der Waals surface area (Å²) >= 11 is 0. The average Bonchev–Trinajstić information content (AvgIpc) is 3.36. The molecule has 0 spiro atoms. The number of benzene rings is 1. The van der Waals surface area contributed by atoms with Crippen molar-refractivity contribution in [3.63, 3.8) is 0 Å². The van der Waals surface area contributed by atoms with Gasteiger partial charge in [-0.15, -0.1) is 0 Å². The van der Waals surface area contributed by atoms with Gasteiger partial charge in [0.2, 0.25) is 0 Å². The molecule has 2 aliphatic rings. The number of hydrogen-bond acceptors (Lipinski definition) is 3. The van der Waals surface area contributed by atoms with Crippen LogP contribution in [-0.2, 0) is 6.54 Å². The first kappa shape index (κ1) is 16.0.